The van der Waals surface area contributed by atoms with E-state index in [1.165, 1.54) is 6.26 Å². The molecule has 2 aromatic carbocycles. The molecule has 0 aliphatic rings. The van der Waals surface area contributed by atoms with E-state index in [0.717, 1.165) is 29.5 Å². The lowest BCUT2D eigenvalue weighted by molar-refractivity contribution is -0.143. The van der Waals surface area contributed by atoms with Gasteiger partial charge in [0.1, 0.15) is 0 Å². The molecule has 2 aromatic rings. The van der Waals surface area contributed by atoms with Gasteiger partial charge in [-0.25, -0.2) is 8.42 Å². The van der Waals surface area contributed by atoms with Crippen LogP contribution in [0.3, 0.4) is 0 Å². The van der Waals surface area contributed by atoms with Crippen molar-refractivity contribution in [3.8, 4) is 11.1 Å². The highest BCUT2D eigenvalue weighted by molar-refractivity contribution is 7.90. The molecular formula is C23H30N4O4S. The lowest BCUT2D eigenvalue weighted by atomic mass is 9.82. The molecule has 0 aliphatic heterocycles. The molecule has 9 heteroatoms. The molecule has 0 bridgehead atoms. The van der Waals surface area contributed by atoms with E-state index in [-0.39, 0.29) is 4.90 Å². The van der Waals surface area contributed by atoms with Crippen LogP contribution in [0.2, 0.25) is 0 Å². The predicted molar refractivity (Wildman–Crippen MR) is 125 cm³/mol. The van der Waals surface area contributed by atoms with Crippen LogP contribution >= 0.6 is 0 Å². The summed E-state index contributed by atoms with van der Waals surface area (Å²) in [5.74, 6) is 3.54. The first kappa shape index (κ1) is 25.2. The van der Waals surface area contributed by atoms with Crippen LogP contribution in [0.15, 0.2) is 68.8 Å². The summed E-state index contributed by atoms with van der Waals surface area (Å²) in [4.78, 5) is 16.4. The highest BCUT2D eigenvalue weighted by Crippen LogP contribution is 2.28. The summed E-state index contributed by atoms with van der Waals surface area (Å²) in [6, 6.07) is 14.4. The molecule has 172 valence electrons. The molecule has 0 saturated carbocycles. The molecule has 8 nitrogen and oxygen atoms in total. The lowest BCUT2D eigenvalue weighted by Gasteiger charge is -2.23. The van der Waals surface area contributed by atoms with Crippen LogP contribution in [-0.2, 0) is 21.1 Å². The van der Waals surface area contributed by atoms with Crippen LogP contribution in [0.4, 0.5) is 0 Å². The third kappa shape index (κ3) is 6.71. The van der Waals surface area contributed by atoms with Crippen LogP contribution < -0.4 is 5.84 Å². The zero-order valence-corrected chi connectivity index (χ0v) is 19.4. The summed E-state index contributed by atoms with van der Waals surface area (Å²) in [5, 5.41) is 17.0. The summed E-state index contributed by atoms with van der Waals surface area (Å²) in [6.45, 7) is 2.02. The Morgan fingerprint density at radius 1 is 1.03 bits per heavy atom. The molecule has 0 aromatic heterocycles. The smallest absolute Gasteiger partial charge is 0.307 e. The first-order chi connectivity index (χ1) is 15.2. The number of hydrogen-bond donors (Lipinski definition) is 2. The average molecular weight is 459 g/mol. The average Bonchev–Trinajstić information content (AvgIpc) is 2.77. The molecular weight excluding hydrogens is 428 g/mol. The third-order valence-corrected chi connectivity index (χ3v) is 6.55. The van der Waals surface area contributed by atoms with Gasteiger partial charge in [0, 0.05) is 19.2 Å². The number of nitrogens with zero attached hydrogens (tertiary/aromatic N) is 3. The van der Waals surface area contributed by atoms with E-state index < -0.39 is 27.6 Å². The van der Waals surface area contributed by atoms with Gasteiger partial charge in [-0.15, -0.1) is 5.11 Å². The van der Waals surface area contributed by atoms with Crippen LogP contribution in [-0.4, -0.2) is 38.6 Å². The maximum Gasteiger partial charge on any atom is 0.307 e. The minimum Gasteiger partial charge on any atom is -0.481 e. The topological polar surface area (TPSA) is 135 Å². The van der Waals surface area contributed by atoms with Gasteiger partial charge in [0.05, 0.1) is 10.8 Å². The minimum atomic E-state index is -3.24. The Morgan fingerprint density at radius 2 is 1.59 bits per heavy atom. The molecule has 0 fully saturated rings. The summed E-state index contributed by atoms with van der Waals surface area (Å²) in [7, 11) is -1.69. The SMILES string of the molecule is CCCC[C@@H](C(=O)O)[C@@H](Cc1ccc(-c2ccc(S(C)(=O)=O)cc2)cc1)C(N=NN)=NC. The number of aliphatic carboxylic acids is 1. The number of rotatable bonds is 10. The Labute approximate surface area is 189 Å². The number of nitrogens with two attached hydrogens (primary N) is 1. The van der Waals surface area contributed by atoms with Crippen LogP contribution in [0.25, 0.3) is 11.1 Å². The van der Waals surface area contributed by atoms with Gasteiger partial charge in [-0.2, -0.15) is 0 Å². The van der Waals surface area contributed by atoms with Crippen LogP contribution in [0, 0.1) is 11.8 Å². The van der Waals surface area contributed by atoms with Crippen molar-refractivity contribution < 1.29 is 18.3 Å². The fourth-order valence-electron chi connectivity index (χ4n) is 3.66. The van der Waals surface area contributed by atoms with Crippen LogP contribution in [0.5, 0.6) is 0 Å². The number of carboxylic acids is 1. The second-order valence-electron chi connectivity index (χ2n) is 7.69. The first-order valence-corrected chi connectivity index (χ1v) is 12.3. The van der Waals surface area contributed by atoms with Crippen molar-refractivity contribution in [2.75, 3.05) is 13.3 Å². The Balaban J connectivity index is 2.30. The quantitative estimate of drug-likeness (QED) is 0.181. The largest absolute Gasteiger partial charge is 0.481 e. The van der Waals surface area contributed by atoms with E-state index >= 15 is 0 Å². The number of hydrogen-bond acceptors (Lipinski definition) is 5. The number of carbonyl (C=O) groups is 1. The fourth-order valence-corrected chi connectivity index (χ4v) is 4.29. The second-order valence-corrected chi connectivity index (χ2v) is 9.70. The number of amidine groups is 1. The molecule has 0 amide bonds. The Morgan fingerprint density at radius 3 is 2.03 bits per heavy atom. The van der Waals surface area contributed by atoms with E-state index in [1.54, 1.807) is 31.3 Å². The van der Waals surface area contributed by atoms with Crippen molar-refractivity contribution in [3.63, 3.8) is 0 Å². The lowest BCUT2D eigenvalue weighted by Crippen LogP contribution is -2.31. The maximum absolute atomic E-state index is 12.0. The Hall–Kier alpha value is -3.07. The monoisotopic (exact) mass is 458 g/mol. The van der Waals surface area contributed by atoms with E-state index in [4.69, 9.17) is 5.84 Å². The number of unbranched alkanes of at least 4 members (excludes halogenated alkanes) is 1. The van der Waals surface area contributed by atoms with Crippen molar-refractivity contribution in [2.45, 2.75) is 37.5 Å². The van der Waals surface area contributed by atoms with E-state index in [9.17, 15) is 18.3 Å². The van der Waals surface area contributed by atoms with Crippen molar-refractivity contribution in [1.29, 1.82) is 0 Å². The number of aliphatic imine (C=N–C) groups is 1. The molecule has 0 heterocycles. The van der Waals surface area contributed by atoms with Gasteiger partial charge >= 0.3 is 5.97 Å². The zero-order valence-electron chi connectivity index (χ0n) is 18.6. The minimum absolute atomic E-state index is 0.271. The van der Waals surface area contributed by atoms with Gasteiger partial charge in [0.2, 0.25) is 0 Å². The maximum atomic E-state index is 12.0. The van der Waals surface area contributed by atoms with Crippen molar-refractivity contribution >= 4 is 21.6 Å². The molecule has 0 saturated heterocycles. The summed E-state index contributed by atoms with van der Waals surface area (Å²) >= 11 is 0. The van der Waals surface area contributed by atoms with Gasteiger partial charge in [-0.05, 0) is 41.7 Å². The molecule has 0 radical (unpaired) electrons. The third-order valence-electron chi connectivity index (χ3n) is 5.42. The van der Waals surface area contributed by atoms with Gasteiger partial charge < -0.3 is 10.9 Å². The molecule has 0 unspecified atom stereocenters. The normalized spacial score (nSPS) is 14.4. The van der Waals surface area contributed by atoms with Crippen molar-refractivity contribution in [3.05, 3.63) is 54.1 Å². The van der Waals surface area contributed by atoms with Gasteiger partial charge in [-0.3, -0.25) is 9.79 Å². The summed E-state index contributed by atoms with van der Waals surface area (Å²) < 4.78 is 23.3. The summed E-state index contributed by atoms with van der Waals surface area (Å²) in [6.07, 6.45) is 3.79. The summed E-state index contributed by atoms with van der Waals surface area (Å²) in [5.41, 5.74) is 2.75. The standard InChI is InChI=1S/C23H30N4O4S/c1-4-5-6-20(23(28)29)21(22(25-2)26-27-24)15-16-7-9-17(10-8-16)18-11-13-19(14-12-18)32(3,30)31/h7-14,20-21H,4-6,15H2,1-3H3,(H,28,29)(H2,24,25,26)/t20-,21-/m1/s1. The Kier molecular flexibility index (Phi) is 9.07. The molecule has 3 N–H and O–H groups in total. The first-order valence-electron chi connectivity index (χ1n) is 10.4. The highest BCUT2D eigenvalue weighted by atomic mass is 32.2. The number of benzene rings is 2. The Bertz CT molecular complexity index is 1060. The molecule has 2 atom stereocenters. The predicted octanol–water partition coefficient (Wildman–Crippen LogP) is 4.16. The van der Waals surface area contributed by atoms with Crippen molar-refractivity contribution in [1.82, 2.24) is 0 Å². The number of sulfone groups is 1. The van der Waals surface area contributed by atoms with Gasteiger partial charge in [0.25, 0.3) is 0 Å². The van der Waals surface area contributed by atoms with Gasteiger partial charge in [0.15, 0.2) is 15.7 Å². The van der Waals surface area contributed by atoms with Gasteiger partial charge in [-0.1, -0.05) is 61.4 Å². The van der Waals surface area contributed by atoms with Crippen LogP contribution in [0.1, 0.15) is 31.7 Å². The van der Waals surface area contributed by atoms with E-state index in [2.05, 4.69) is 15.3 Å². The zero-order chi connectivity index (χ0) is 23.7. The van der Waals surface area contributed by atoms with E-state index in [0.29, 0.717) is 18.7 Å². The number of carboxylic acid groups (broad SMARTS) is 1. The van der Waals surface area contributed by atoms with Crippen molar-refractivity contribution in [2.24, 2.45) is 33.0 Å². The fraction of sp³-hybridized carbons (Fsp3) is 0.391. The molecule has 0 spiro atoms. The molecule has 0 aliphatic carbocycles. The second kappa shape index (κ2) is 11.5. The molecule has 2 rings (SSSR count). The highest BCUT2D eigenvalue weighted by Gasteiger charge is 2.32. The molecule has 32 heavy (non-hydrogen) atoms. The van der Waals surface area contributed by atoms with E-state index in [1.807, 2.05) is 31.2 Å².